The molecule has 116 valence electrons. The molecule has 3 rings (SSSR count). The van der Waals surface area contributed by atoms with Crippen molar-refractivity contribution in [2.45, 2.75) is 6.92 Å². The fourth-order valence-corrected chi connectivity index (χ4v) is 2.15. The zero-order chi connectivity index (χ0) is 16.4. The molecule has 2 N–H and O–H groups in total. The summed E-state index contributed by atoms with van der Waals surface area (Å²) in [4.78, 5) is 27.4. The van der Waals surface area contributed by atoms with Crippen LogP contribution in [0.5, 0.6) is 0 Å². The number of fused-ring (bicyclic) bond motifs is 1. The van der Waals surface area contributed by atoms with Gasteiger partial charge in [-0.25, -0.2) is 9.37 Å². The van der Waals surface area contributed by atoms with Crippen molar-refractivity contribution in [3.63, 3.8) is 0 Å². The van der Waals surface area contributed by atoms with Crippen LogP contribution >= 0.6 is 0 Å². The first-order chi connectivity index (χ1) is 11.0. The van der Waals surface area contributed by atoms with Gasteiger partial charge in [0.15, 0.2) is 0 Å². The molecule has 0 atom stereocenters. The van der Waals surface area contributed by atoms with Crippen LogP contribution < -0.4 is 10.6 Å². The van der Waals surface area contributed by atoms with Gasteiger partial charge in [-0.2, -0.15) is 0 Å². The van der Waals surface area contributed by atoms with E-state index in [1.54, 1.807) is 24.3 Å². The molecule has 0 aliphatic rings. The summed E-state index contributed by atoms with van der Waals surface area (Å²) in [5.41, 5.74) is 1.74. The molecule has 0 fully saturated rings. The summed E-state index contributed by atoms with van der Waals surface area (Å²) < 4.78 is 14.6. The number of carbonyl (C=O) groups excluding carboxylic acids is 2. The number of benzene rings is 1. The highest BCUT2D eigenvalue weighted by atomic mass is 19.1. The fourth-order valence-electron chi connectivity index (χ4n) is 2.15. The minimum absolute atomic E-state index is 0.167. The van der Waals surface area contributed by atoms with Crippen LogP contribution in [0.2, 0.25) is 0 Å². The van der Waals surface area contributed by atoms with Crippen molar-refractivity contribution in [3.05, 3.63) is 60.3 Å². The summed E-state index contributed by atoms with van der Waals surface area (Å²) in [5.74, 6) is -1.03. The van der Waals surface area contributed by atoms with E-state index in [2.05, 4.69) is 15.6 Å². The largest absolute Gasteiger partial charge is 0.326 e. The van der Waals surface area contributed by atoms with Gasteiger partial charge in [0.2, 0.25) is 5.91 Å². The smallest absolute Gasteiger partial charge is 0.275 e. The summed E-state index contributed by atoms with van der Waals surface area (Å²) >= 11 is 0. The first-order valence-corrected chi connectivity index (χ1v) is 6.84. The molecule has 1 aromatic carbocycles. The number of anilines is 2. The Morgan fingerprint density at radius 2 is 1.83 bits per heavy atom. The molecule has 0 aliphatic carbocycles. The lowest BCUT2D eigenvalue weighted by Gasteiger charge is -2.06. The minimum atomic E-state index is -0.422. The van der Waals surface area contributed by atoms with E-state index in [9.17, 15) is 14.0 Å². The number of amides is 2. The number of halogens is 1. The lowest BCUT2D eigenvalue weighted by atomic mass is 10.2. The number of hydrogen-bond donors (Lipinski definition) is 2. The topological polar surface area (TPSA) is 75.5 Å². The number of imidazole rings is 1. The molecule has 0 aliphatic heterocycles. The van der Waals surface area contributed by atoms with E-state index in [4.69, 9.17) is 0 Å². The second-order valence-electron chi connectivity index (χ2n) is 4.96. The number of hydrogen-bond acceptors (Lipinski definition) is 3. The van der Waals surface area contributed by atoms with Gasteiger partial charge in [-0.15, -0.1) is 0 Å². The van der Waals surface area contributed by atoms with Crippen LogP contribution in [0.15, 0.2) is 48.8 Å². The summed E-state index contributed by atoms with van der Waals surface area (Å²) in [6.07, 6.45) is 2.70. The molecule has 0 saturated heterocycles. The number of nitrogens with one attached hydrogen (secondary N) is 2. The molecule has 2 heterocycles. The van der Waals surface area contributed by atoms with E-state index in [1.807, 2.05) is 0 Å². The van der Waals surface area contributed by atoms with Gasteiger partial charge in [0.25, 0.3) is 5.91 Å². The highest BCUT2D eigenvalue weighted by Gasteiger charge is 2.11. The van der Waals surface area contributed by atoms with E-state index in [1.165, 1.54) is 35.9 Å². The second kappa shape index (κ2) is 5.88. The molecular weight excluding hydrogens is 299 g/mol. The van der Waals surface area contributed by atoms with Gasteiger partial charge in [-0.3, -0.25) is 9.59 Å². The van der Waals surface area contributed by atoms with Gasteiger partial charge < -0.3 is 15.0 Å². The maximum Gasteiger partial charge on any atom is 0.275 e. The summed E-state index contributed by atoms with van der Waals surface area (Å²) in [6.45, 7) is 1.40. The molecule has 3 aromatic rings. The van der Waals surface area contributed by atoms with Crippen molar-refractivity contribution in [3.8, 4) is 0 Å². The van der Waals surface area contributed by atoms with Crippen molar-refractivity contribution >= 4 is 28.8 Å². The number of aromatic nitrogens is 2. The maximum absolute atomic E-state index is 13.2. The van der Waals surface area contributed by atoms with Crippen LogP contribution in [0.1, 0.15) is 17.4 Å². The van der Waals surface area contributed by atoms with E-state index >= 15 is 0 Å². The van der Waals surface area contributed by atoms with Crippen molar-refractivity contribution in [2.75, 3.05) is 10.6 Å². The molecule has 0 bridgehead atoms. The van der Waals surface area contributed by atoms with E-state index in [-0.39, 0.29) is 11.6 Å². The number of carbonyl (C=O) groups is 2. The predicted octanol–water partition coefficient (Wildman–Crippen LogP) is 2.68. The molecule has 0 radical (unpaired) electrons. The summed E-state index contributed by atoms with van der Waals surface area (Å²) in [6, 6.07) is 9.52. The molecular formula is C16H13FN4O2. The van der Waals surface area contributed by atoms with Crippen LogP contribution in [0, 0.1) is 5.82 Å². The Balaban J connectivity index is 1.81. The SMILES string of the molecule is CC(=O)Nc1cccc(NC(=O)c2cn3cc(F)ccc3n2)c1. The molecule has 6 nitrogen and oxygen atoms in total. The van der Waals surface area contributed by atoms with Crippen LogP contribution in [0.25, 0.3) is 5.65 Å². The monoisotopic (exact) mass is 312 g/mol. The van der Waals surface area contributed by atoms with Crippen molar-refractivity contribution < 1.29 is 14.0 Å². The van der Waals surface area contributed by atoms with Gasteiger partial charge >= 0.3 is 0 Å². The predicted molar refractivity (Wildman–Crippen MR) is 83.8 cm³/mol. The first-order valence-electron chi connectivity index (χ1n) is 6.84. The van der Waals surface area contributed by atoms with Crippen molar-refractivity contribution in [2.24, 2.45) is 0 Å². The Hall–Kier alpha value is -3.22. The molecule has 0 spiro atoms. The zero-order valence-electron chi connectivity index (χ0n) is 12.2. The Morgan fingerprint density at radius 3 is 2.57 bits per heavy atom. The maximum atomic E-state index is 13.2. The normalized spacial score (nSPS) is 10.5. The zero-order valence-corrected chi connectivity index (χ0v) is 12.2. The molecule has 7 heteroatoms. The third kappa shape index (κ3) is 3.34. The quantitative estimate of drug-likeness (QED) is 0.781. The Bertz CT molecular complexity index is 904. The number of nitrogens with zero attached hydrogens (tertiary/aromatic N) is 2. The number of pyridine rings is 1. The third-order valence-electron chi connectivity index (χ3n) is 3.09. The van der Waals surface area contributed by atoms with E-state index < -0.39 is 11.7 Å². The van der Waals surface area contributed by atoms with Crippen LogP contribution in [0.3, 0.4) is 0 Å². The van der Waals surface area contributed by atoms with E-state index in [0.29, 0.717) is 17.0 Å². The summed E-state index contributed by atoms with van der Waals surface area (Å²) in [5, 5.41) is 5.32. The van der Waals surface area contributed by atoms with Crippen molar-refractivity contribution in [1.82, 2.24) is 9.38 Å². The second-order valence-corrected chi connectivity index (χ2v) is 4.96. The molecule has 2 aromatic heterocycles. The van der Waals surface area contributed by atoms with Crippen molar-refractivity contribution in [1.29, 1.82) is 0 Å². The standard InChI is InChI=1S/C16H13FN4O2/c1-10(22)18-12-3-2-4-13(7-12)19-16(23)14-9-21-8-11(17)5-6-15(21)20-14/h2-9H,1H3,(H,18,22)(H,19,23). The highest BCUT2D eigenvalue weighted by molar-refractivity contribution is 6.03. The minimum Gasteiger partial charge on any atom is -0.326 e. The van der Waals surface area contributed by atoms with Gasteiger partial charge in [0, 0.05) is 30.7 Å². The van der Waals surface area contributed by atoms with Crippen LogP contribution in [0.4, 0.5) is 15.8 Å². The first kappa shape index (κ1) is 14.7. The van der Waals surface area contributed by atoms with E-state index in [0.717, 1.165) is 0 Å². The highest BCUT2D eigenvalue weighted by Crippen LogP contribution is 2.16. The fraction of sp³-hybridized carbons (Fsp3) is 0.0625. The number of rotatable bonds is 3. The average molecular weight is 312 g/mol. The Labute approximate surface area is 131 Å². The summed E-state index contributed by atoms with van der Waals surface area (Å²) in [7, 11) is 0. The van der Waals surface area contributed by atoms with Crippen LogP contribution in [-0.4, -0.2) is 21.2 Å². The van der Waals surface area contributed by atoms with Gasteiger partial charge in [0.05, 0.1) is 0 Å². The Morgan fingerprint density at radius 1 is 1.09 bits per heavy atom. The molecule has 23 heavy (non-hydrogen) atoms. The van der Waals surface area contributed by atoms with Gasteiger partial charge in [0.1, 0.15) is 17.2 Å². The molecule has 0 unspecified atom stereocenters. The van der Waals surface area contributed by atoms with Gasteiger partial charge in [-0.05, 0) is 30.3 Å². The molecule has 2 amide bonds. The van der Waals surface area contributed by atoms with Crippen LogP contribution in [-0.2, 0) is 4.79 Å². The lowest BCUT2D eigenvalue weighted by Crippen LogP contribution is -2.13. The molecule has 0 saturated carbocycles. The average Bonchev–Trinajstić information content (AvgIpc) is 2.90. The van der Waals surface area contributed by atoms with Gasteiger partial charge in [-0.1, -0.05) is 6.07 Å². The Kier molecular flexibility index (Phi) is 3.76. The third-order valence-corrected chi connectivity index (χ3v) is 3.09. The lowest BCUT2D eigenvalue weighted by molar-refractivity contribution is -0.114.